The number of hydrogen-bond acceptors (Lipinski definition) is 7. The van der Waals surface area contributed by atoms with Crippen LogP contribution in [-0.2, 0) is 19.6 Å². The molecule has 9 nitrogen and oxygen atoms in total. The van der Waals surface area contributed by atoms with Gasteiger partial charge in [-0.1, -0.05) is 17.0 Å². The maximum atomic E-state index is 9.83. The molecule has 0 aliphatic rings. The van der Waals surface area contributed by atoms with Crippen LogP contribution in [0.15, 0.2) is 84.3 Å². The number of nitrogens with one attached hydrogen (secondary N) is 1. The summed E-state index contributed by atoms with van der Waals surface area (Å²) < 4.78 is 9.42. The first-order valence-electron chi connectivity index (χ1n) is 12.0. The maximum Gasteiger partial charge on any atom is 0.167 e. The fourth-order valence-electron chi connectivity index (χ4n) is 3.83. The van der Waals surface area contributed by atoms with Crippen molar-refractivity contribution in [2.24, 2.45) is 0 Å². The largest absolute Gasteiger partial charge is 0.385 e. The van der Waals surface area contributed by atoms with Crippen LogP contribution >= 0.6 is 0 Å². The highest BCUT2D eigenvalue weighted by Crippen LogP contribution is 2.22. The number of nitrogens with zero attached hydrogens (tertiary/aromatic N) is 6. The van der Waals surface area contributed by atoms with Crippen LogP contribution in [0.3, 0.4) is 0 Å². The zero-order chi connectivity index (χ0) is 25.5. The van der Waals surface area contributed by atoms with E-state index in [1.807, 2.05) is 70.3 Å². The molecule has 5 rings (SSSR count). The van der Waals surface area contributed by atoms with E-state index in [2.05, 4.69) is 37.3 Å². The topological polar surface area (TPSA) is 107 Å². The first kappa shape index (κ1) is 24.2. The van der Waals surface area contributed by atoms with Crippen LogP contribution in [-0.4, -0.2) is 40.9 Å². The van der Waals surface area contributed by atoms with Crippen molar-refractivity contribution >= 4 is 0 Å². The van der Waals surface area contributed by atoms with E-state index in [0.29, 0.717) is 24.7 Å². The summed E-state index contributed by atoms with van der Waals surface area (Å²) in [6.45, 7) is 4.59. The normalized spacial score (nSPS) is 11.7. The van der Waals surface area contributed by atoms with E-state index < -0.39 is 6.10 Å². The minimum absolute atomic E-state index is 0.474. The second kappa shape index (κ2) is 11.5. The summed E-state index contributed by atoms with van der Waals surface area (Å²) in [4.78, 5) is 12.7. The average Bonchev–Trinajstić information content (AvgIpc) is 3.69. The third kappa shape index (κ3) is 6.38. The first-order chi connectivity index (χ1) is 18.1. The number of hydrogen-bond donors (Lipinski definition) is 2. The lowest BCUT2D eigenvalue weighted by Crippen LogP contribution is -2.19. The van der Waals surface area contributed by atoms with Crippen molar-refractivity contribution in [2.75, 3.05) is 6.54 Å². The molecule has 0 unspecified atom stereocenters. The van der Waals surface area contributed by atoms with Crippen LogP contribution in [0, 0.1) is 11.8 Å². The quantitative estimate of drug-likeness (QED) is 0.239. The van der Waals surface area contributed by atoms with E-state index in [4.69, 9.17) is 4.52 Å². The van der Waals surface area contributed by atoms with Gasteiger partial charge in [0.15, 0.2) is 5.76 Å². The fourth-order valence-corrected chi connectivity index (χ4v) is 3.83. The van der Waals surface area contributed by atoms with Crippen molar-refractivity contribution in [3.05, 3.63) is 108 Å². The highest BCUT2D eigenvalue weighted by atomic mass is 16.5. The molecule has 0 aliphatic heterocycles. The molecule has 0 aliphatic carbocycles. The molecule has 5 aromatic rings. The molecule has 0 spiro atoms. The molecule has 0 radical (unpaired) electrons. The van der Waals surface area contributed by atoms with E-state index >= 15 is 0 Å². The van der Waals surface area contributed by atoms with Crippen molar-refractivity contribution in [3.8, 4) is 23.2 Å². The van der Waals surface area contributed by atoms with Crippen LogP contribution < -0.4 is 5.32 Å². The van der Waals surface area contributed by atoms with Gasteiger partial charge in [-0.15, -0.1) is 0 Å². The van der Waals surface area contributed by atoms with Gasteiger partial charge < -0.3 is 24.1 Å². The van der Waals surface area contributed by atoms with Gasteiger partial charge in [0, 0.05) is 73.4 Å². The predicted octanol–water partition coefficient (Wildman–Crippen LogP) is 3.42. The third-order valence-electron chi connectivity index (χ3n) is 5.77. The number of aliphatic hydroxyl groups excluding tert-OH is 1. The van der Waals surface area contributed by atoms with Crippen molar-refractivity contribution < 1.29 is 9.63 Å². The van der Waals surface area contributed by atoms with Crippen LogP contribution in [0.5, 0.6) is 0 Å². The fraction of sp³-hybridized carbons (Fsp3) is 0.214. The Bertz CT molecular complexity index is 1470. The molecule has 37 heavy (non-hydrogen) atoms. The van der Waals surface area contributed by atoms with Crippen molar-refractivity contribution in [3.63, 3.8) is 0 Å². The number of pyridine rings is 1. The molecule has 0 bridgehead atoms. The van der Waals surface area contributed by atoms with Gasteiger partial charge >= 0.3 is 0 Å². The van der Waals surface area contributed by atoms with E-state index in [9.17, 15) is 5.11 Å². The SMILES string of the molecule is C[C@H](O)c1nccn1Cc1cc(-c2ccc(C#Cc3ccc(CNCCn4ccnc4)nc3)cc2)on1. The highest BCUT2D eigenvalue weighted by Gasteiger charge is 2.12. The Hall–Kier alpha value is -4.52. The molecular formula is C28H27N7O2. The van der Waals surface area contributed by atoms with E-state index in [-0.39, 0.29) is 0 Å². The minimum atomic E-state index is -0.649. The summed E-state index contributed by atoms with van der Waals surface area (Å²) in [6, 6.07) is 13.7. The molecular weight excluding hydrogens is 466 g/mol. The second-order valence-corrected chi connectivity index (χ2v) is 8.61. The number of aromatic nitrogens is 6. The molecule has 2 N–H and O–H groups in total. The lowest BCUT2D eigenvalue weighted by Gasteiger charge is -2.07. The molecule has 4 heterocycles. The summed E-state index contributed by atoms with van der Waals surface area (Å²) in [7, 11) is 0. The van der Waals surface area contributed by atoms with E-state index in [1.165, 1.54) is 0 Å². The first-order valence-corrected chi connectivity index (χ1v) is 12.0. The summed E-state index contributed by atoms with van der Waals surface area (Å²) in [6.07, 6.45) is 10.2. The Morgan fingerprint density at radius 2 is 1.84 bits per heavy atom. The van der Waals surface area contributed by atoms with Gasteiger partial charge in [-0.05, 0) is 43.3 Å². The summed E-state index contributed by atoms with van der Waals surface area (Å²) >= 11 is 0. The summed E-state index contributed by atoms with van der Waals surface area (Å²) in [5.41, 5.74) is 4.40. The van der Waals surface area contributed by atoms with Gasteiger partial charge in [-0.3, -0.25) is 4.98 Å². The smallest absolute Gasteiger partial charge is 0.167 e. The molecule has 0 amide bonds. The van der Waals surface area contributed by atoms with Gasteiger partial charge in [0.25, 0.3) is 0 Å². The molecule has 1 atom stereocenters. The average molecular weight is 494 g/mol. The van der Waals surface area contributed by atoms with Gasteiger partial charge in [-0.25, -0.2) is 9.97 Å². The van der Waals surface area contributed by atoms with E-state index in [1.54, 1.807) is 25.5 Å². The lowest BCUT2D eigenvalue weighted by molar-refractivity contribution is 0.184. The zero-order valence-electron chi connectivity index (χ0n) is 20.5. The Morgan fingerprint density at radius 3 is 2.59 bits per heavy atom. The van der Waals surface area contributed by atoms with Gasteiger partial charge in [0.05, 0.1) is 18.6 Å². The van der Waals surface area contributed by atoms with Crippen LogP contribution in [0.4, 0.5) is 0 Å². The van der Waals surface area contributed by atoms with Crippen molar-refractivity contribution in [1.29, 1.82) is 0 Å². The number of rotatable bonds is 9. The molecule has 0 fully saturated rings. The Kier molecular flexibility index (Phi) is 7.50. The van der Waals surface area contributed by atoms with Crippen LogP contribution in [0.1, 0.15) is 41.4 Å². The minimum Gasteiger partial charge on any atom is -0.385 e. The van der Waals surface area contributed by atoms with E-state index in [0.717, 1.165) is 41.2 Å². The van der Waals surface area contributed by atoms with Crippen molar-refractivity contribution in [2.45, 2.75) is 32.7 Å². The zero-order valence-corrected chi connectivity index (χ0v) is 20.5. The lowest BCUT2D eigenvalue weighted by atomic mass is 10.1. The monoisotopic (exact) mass is 493 g/mol. The number of benzene rings is 1. The van der Waals surface area contributed by atoms with Gasteiger partial charge in [0.2, 0.25) is 0 Å². The predicted molar refractivity (Wildman–Crippen MR) is 138 cm³/mol. The number of aliphatic hydroxyl groups is 1. The molecule has 1 aromatic carbocycles. The summed E-state index contributed by atoms with van der Waals surface area (Å²) in [5.74, 6) is 7.62. The number of imidazole rings is 2. The Labute approximate surface area is 214 Å². The second-order valence-electron chi connectivity index (χ2n) is 8.61. The standard InChI is InChI=1S/C28H27N7O2/c1-21(36)28-31-12-15-35(28)19-26-16-27(37-33-26)24-7-4-22(5-8-24)2-3-23-6-9-25(32-17-23)18-29-10-13-34-14-11-30-20-34/h4-9,11-12,14-17,20-21,29,36H,10,13,18-19H2,1H3/t21-/m0/s1. The molecule has 0 saturated carbocycles. The van der Waals surface area contributed by atoms with Gasteiger partial charge in [0.1, 0.15) is 17.6 Å². The Balaban J connectivity index is 1.14. The molecule has 186 valence electrons. The van der Waals surface area contributed by atoms with Crippen LogP contribution in [0.25, 0.3) is 11.3 Å². The molecule has 0 saturated heterocycles. The molecule has 9 heteroatoms. The highest BCUT2D eigenvalue weighted by molar-refractivity contribution is 5.59. The third-order valence-corrected chi connectivity index (χ3v) is 5.77. The summed E-state index contributed by atoms with van der Waals surface area (Å²) in [5, 5.41) is 17.4. The van der Waals surface area contributed by atoms with Gasteiger partial charge in [-0.2, -0.15) is 0 Å². The Morgan fingerprint density at radius 1 is 1.00 bits per heavy atom. The van der Waals surface area contributed by atoms with Crippen LogP contribution in [0.2, 0.25) is 0 Å². The molecule has 4 aromatic heterocycles. The maximum absolute atomic E-state index is 9.83. The van der Waals surface area contributed by atoms with Crippen molar-refractivity contribution in [1.82, 2.24) is 34.6 Å².